The standard InChI is InChI=1S/C20H22O/c1-3-19(21)15-14-16(2)20(17-10-6-4-7-11-17)18-12-8-5-9-13-18/h4-13H,3,14-15H2,1-2H3. The van der Waals surface area contributed by atoms with Crippen LogP contribution < -0.4 is 0 Å². The van der Waals surface area contributed by atoms with Gasteiger partial charge in [-0.15, -0.1) is 0 Å². The number of allylic oxidation sites excluding steroid dienone is 1. The summed E-state index contributed by atoms with van der Waals surface area (Å²) in [5.74, 6) is 0.329. The van der Waals surface area contributed by atoms with Gasteiger partial charge in [-0.1, -0.05) is 73.2 Å². The van der Waals surface area contributed by atoms with E-state index in [1.807, 2.05) is 19.1 Å². The number of benzene rings is 2. The van der Waals surface area contributed by atoms with E-state index < -0.39 is 0 Å². The van der Waals surface area contributed by atoms with Gasteiger partial charge in [-0.05, 0) is 30.0 Å². The third-order valence-electron chi connectivity index (χ3n) is 3.72. The maximum Gasteiger partial charge on any atom is 0.132 e. The molecule has 108 valence electrons. The van der Waals surface area contributed by atoms with Crippen molar-refractivity contribution >= 4 is 11.4 Å². The second kappa shape index (κ2) is 7.58. The third-order valence-corrected chi connectivity index (χ3v) is 3.72. The molecule has 0 aliphatic rings. The molecule has 2 aromatic carbocycles. The summed E-state index contributed by atoms with van der Waals surface area (Å²) < 4.78 is 0. The highest BCUT2D eigenvalue weighted by Gasteiger charge is 2.09. The summed E-state index contributed by atoms with van der Waals surface area (Å²) in [6, 6.07) is 20.8. The van der Waals surface area contributed by atoms with E-state index in [2.05, 4.69) is 55.5 Å². The van der Waals surface area contributed by atoms with Crippen molar-refractivity contribution in [2.75, 3.05) is 0 Å². The highest BCUT2D eigenvalue weighted by molar-refractivity contribution is 5.83. The van der Waals surface area contributed by atoms with Crippen LogP contribution in [-0.2, 0) is 4.79 Å². The molecule has 0 saturated heterocycles. The number of carbonyl (C=O) groups excluding carboxylic acids is 1. The fourth-order valence-corrected chi connectivity index (χ4v) is 2.50. The smallest absolute Gasteiger partial charge is 0.132 e. The van der Waals surface area contributed by atoms with E-state index in [9.17, 15) is 4.79 Å². The molecule has 0 unspecified atom stereocenters. The lowest BCUT2D eigenvalue weighted by molar-refractivity contribution is -0.118. The van der Waals surface area contributed by atoms with Crippen LogP contribution in [0.25, 0.3) is 5.57 Å². The fraction of sp³-hybridized carbons (Fsp3) is 0.250. The minimum absolute atomic E-state index is 0.329. The summed E-state index contributed by atoms with van der Waals surface area (Å²) in [5.41, 5.74) is 4.95. The molecule has 0 bridgehead atoms. The third kappa shape index (κ3) is 4.16. The van der Waals surface area contributed by atoms with E-state index >= 15 is 0 Å². The SMILES string of the molecule is CCC(=O)CCC(C)=C(c1ccccc1)c1ccccc1. The van der Waals surface area contributed by atoms with Gasteiger partial charge in [0.2, 0.25) is 0 Å². The molecule has 0 aromatic heterocycles. The van der Waals surface area contributed by atoms with Gasteiger partial charge in [-0.25, -0.2) is 0 Å². The van der Waals surface area contributed by atoms with E-state index in [1.54, 1.807) is 0 Å². The van der Waals surface area contributed by atoms with Gasteiger partial charge in [-0.2, -0.15) is 0 Å². The number of hydrogen-bond donors (Lipinski definition) is 0. The Morgan fingerprint density at radius 1 is 0.810 bits per heavy atom. The van der Waals surface area contributed by atoms with E-state index in [-0.39, 0.29) is 0 Å². The Morgan fingerprint density at radius 3 is 1.71 bits per heavy atom. The van der Waals surface area contributed by atoms with Crippen LogP contribution >= 0.6 is 0 Å². The average molecular weight is 278 g/mol. The molecule has 2 rings (SSSR count). The average Bonchev–Trinajstić information content (AvgIpc) is 2.55. The van der Waals surface area contributed by atoms with Crippen LogP contribution in [0.2, 0.25) is 0 Å². The van der Waals surface area contributed by atoms with Crippen molar-refractivity contribution in [2.45, 2.75) is 33.1 Å². The normalized spacial score (nSPS) is 10.2. The summed E-state index contributed by atoms with van der Waals surface area (Å²) in [4.78, 5) is 11.6. The predicted octanol–water partition coefficient (Wildman–Crippen LogP) is 5.27. The minimum atomic E-state index is 0.329. The molecule has 0 heterocycles. The Balaban J connectivity index is 2.39. The van der Waals surface area contributed by atoms with Gasteiger partial charge in [-0.3, -0.25) is 4.79 Å². The number of hydrogen-bond acceptors (Lipinski definition) is 1. The Kier molecular flexibility index (Phi) is 5.51. The van der Waals surface area contributed by atoms with Crippen LogP contribution in [0.15, 0.2) is 66.2 Å². The van der Waals surface area contributed by atoms with Crippen LogP contribution in [0.4, 0.5) is 0 Å². The Morgan fingerprint density at radius 2 is 1.29 bits per heavy atom. The van der Waals surface area contributed by atoms with Crippen molar-refractivity contribution in [3.8, 4) is 0 Å². The zero-order valence-electron chi connectivity index (χ0n) is 12.8. The van der Waals surface area contributed by atoms with Gasteiger partial charge >= 0.3 is 0 Å². The molecule has 2 aromatic rings. The first kappa shape index (κ1) is 15.2. The molecule has 1 nitrogen and oxygen atoms in total. The largest absolute Gasteiger partial charge is 0.300 e. The molecule has 0 aliphatic heterocycles. The Labute approximate surface area is 127 Å². The molecule has 1 heteroatoms. The van der Waals surface area contributed by atoms with Crippen molar-refractivity contribution in [2.24, 2.45) is 0 Å². The summed E-state index contributed by atoms with van der Waals surface area (Å²) in [5, 5.41) is 0. The van der Waals surface area contributed by atoms with Gasteiger partial charge in [0.05, 0.1) is 0 Å². The topological polar surface area (TPSA) is 17.1 Å². The van der Waals surface area contributed by atoms with Crippen LogP contribution in [0.5, 0.6) is 0 Å². The van der Waals surface area contributed by atoms with Crippen molar-refractivity contribution in [1.82, 2.24) is 0 Å². The molecule has 0 N–H and O–H groups in total. The summed E-state index contributed by atoms with van der Waals surface area (Å²) >= 11 is 0. The molecular weight excluding hydrogens is 256 g/mol. The first-order chi connectivity index (χ1) is 10.2. The summed E-state index contributed by atoms with van der Waals surface area (Å²) in [6.07, 6.45) is 2.08. The van der Waals surface area contributed by atoms with Gasteiger partial charge in [0.15, 0.2) is 0 Å². The fourth-order valence-electron chi connectivity index (χ4n) is 2.50. The number of rotatable bonds is 6. The second-order valence-corrected chi connectivity index (χ2v) is 5.28. The maximum absolute atomic E-state index is 11.6. The van der Waals surface area contributed by atoms with Gasteiger partial charge in [0.25, 0.3) is 0 Å². The zero-order chi connectivity index (χ0) is 15.1. The highest BCUT2D eigenvalue weighted by atomic mass is 16.1. The molecule has 0 radical (unpaired) electrons. The molecule has 0 amide bonds. The highest BCUT2D eigenvalue weighted by Crippen LogP contribution is 2.28. The lowest BCUT2D eigenvalue weighted by Gasteiger charge is -2.13. The first-order valence-electron chi connectivity index (χ1n) is 7.54. The number of ketones is 1. The second-order valence-electron chi connectivity index (χ2n) is 5.28. The number of carbonyl (C=O) groups is 1. The van der Waals surface area contributed by atoms with E-state index in [4.69, 9.17) is 0 Å². The van der Waals surface area contributed by atoms with E-state index in [1.165, 1.54) is 22.3 Å². The van der Waals surface area contributed by atoms with Crippen molar-refractivity contribution in [3.63, 3.8) is 0 Å². The molecule has 0 fully saturated rings. The van der Waals surface area contributed by atoms with Gasteiger partial charge in [0.1, 0.15) is 5.78 Å². The molecule has 0 spiro atoms. The molecule has 0 saturated carbocycles. The van der Waals surface area contributed by atoms with Gasteiger partial charge < -0.3 is 0 Å². The zero-order valence-corrected chi connectivity index (χ0v) is 12.8. The van der Waals surface area contributed by atoms with Crippen LogP contribution in [-0.4, -0.2) is 5.78 Å². The predicted molar refractivity (Wildman–Crippen MR) is 89.1 cm³/mol. The van der Waals surface area contributed by atoms with Crippen molar-refractivity contribution in [1.29, 1.82) is 0 Å². The van der Waals surface area contributed by atoms with E-state index in [0.29, 0.717) is 18.6 Å². The Hall–Kier alpha value is -2.15. The van der Waals surface area contributed by atoms with Crippen molar-refractivity contribution < 1.29 is 4.79 Å². The monoisotopic (exact) mass is 278 g/mol. The van der Waals surface area contributed by atoms with Crippen LogP contribution in [0, 0.1) is 0 Å². The first-order valence-corrected chi connectivity index (χ1v) is 7.54. The lowest BCUT2D eigenvalue weighted by Crippen LogP contribution is -1.98. The van der Waals surface area contributed by atoms with Crippen LogP contribution in [0.1, 0.15) is 44.2 Å². The quantitative estimate of drug-likeness (QED) is 0.703. The molecule has 0 atom stereocenters. The number of Topliss-reactive ketones (excluding diaryl/α,β-unsaturated/α-hetero) is 1. The minimum Gasteiger partial charge on any atom is -0.300 e. The van der Waals surface area contributed by atoms with E-state index in [0.717, 1.165) is 6.42 Å². The van der Waals surface area contributed by atoms with Gasteiger partial charge in [0, 0.05) is 12.8 Å². The Bertz CT molecular complexity index is 567. The maximum atomic E-state index is 11.6. The molecular formula is C20H22O. The van der Waals surface area contributed by atoms with Crippen molar-refractivity contribution in [3.05, 3.63) is 77.4 Å². The summed E-state index contributed by atoms with van der Waals surface area (Å²) in [6.45, 7) is 4.06. The molecule has 21 heavy (non-hydrogen) atoms. The summed E-state index contributed by atoms with van der Waals surface area (Å²) in [7, 11) is 0. The molecule has 0 aliphatic carbocycles. The van der Waals surface area contributed by atoms with Crippen LogP contribution in [0.3, 0.4) is 0 Å². The lowest BCUT2D eigenvalue weighted by atomic mass is 9.91.